The van der Waals surface area contributed by atoms with Gasteiger partial charge in [0.15, 0.2) is 0 Å². The minimum absolute atomic E-state index is 0.00597. The number of esters is 1. The molecule has 50 heavy (non-hydrogen) atoms. The van der Waals surface area contributed by atoms with Gasteiger partial charge in [-0.1, -0.05) is 32.1 Å². The number of halogens is 1. The Balaban J connectivity index is 1.25. The summed E-state index contributed by atoms with van der Waals surface area (Å²) in [5.41, 5.74) is 0.996. The van der Waals surface area contributed by atoms with Crippen molar-refractivity contribution >= 4 is 40.5 Å². The van der Waals surface area contributed by atoms with Gasteiger partial charge >= 0.3 is 12.1 Å². The van der Waals surface area contributed by atoms with Crippen molar-refractivity contribution in [1.82, 2.24) is 15.2 Å². The largest absolute Gasteiger partial charge is 0.461 e. The molecule has 3 N–H and O–H groups in total. The molecule has 3 amide bonds. The lowest BCUT2D eigenvalue weighted by Gasteiger charge is -2.37. The number of hydrogen-bond donors (Lipinski definition) is 3. The van der Waals surface area contributed by atoms with Crippen LogP contribution < -0.4 is 10.6 Å². The van der Waals surface area contributed by atoms with Crippen molar-refractivity contribution < 1.29 is 37.8 Å². The number of alkyl carbamates (subject to hydrolysis) is 1. The molecule has 0 radical (unpaired) electrons. The van der Waals surface area contributed by atoms with E-state index in [4.69, 9.17) is 14.2 Å². The molecule has 2 heterocycles. The predicted octanol–water partition coefficient (Wildman–Crippen LogP) is 6.77. The second-order valence-corrected chi connectivity index (χ2v) is 15.3. The van der Waals surface area contributed by atoms with Crippen LogP contribution in [0.4, 0.5) is 14.9 Å². The molecular formula is C38H55FN4O7. The van der Waals surface area contributed by atoms with Crippen LogP contribution in [0.1, 0.15) is 102 Å². The van der Waals surface area contributed by atoms with Crippen LogP contribution in [0.5, 0.6) is 0 Å². The maximum atomic E-state index is 14.2. The van der Waals surface area contributed by atoms with E-state index >= 15 is 0 Å². The van der Waals surface area contributed by atoms with Crippen LogP contribution >= 0.6 is 0 Å². The Hall–Kier alpha value is -3.67. The van der Waals surface area contributed by atoms with Crippen LogP contribution in [0.25, 0.3) is 10.9 Å². The van der Waals surface area contributed by atoms with Gasteiger partial charge in [0.2, 0.25) is 11.8 Å². The second kappa shape index (κ2) is 17.0. The third kappa shape index (κ3) is 9.56. The summed E-state index contributed by atoms with van der Waals surface area (Å²) in [6, 6.07) is 5.93. The fourth-order valence-corrected chi connectivity index (χ4v) is 8.18. The molecule has 2 aromatic rings. The van der Waals surface area contributed by atoms with E-state index in [-0.39, 0.29) is 36.2 Å². The highest BCUT2D eigenvalue weighted by atomic mass is 19.1. The number of benzene rings is 1. The van der Waals surface area contributed by atoms with Crippen molar-refractivity contribution in [3.63, 3.8) is 0 Å². The predicted molar refractivity (Wildman–Crippen MR) is 188 cm³/mol. The van der Waals surface area contributed by atoms with Crippen LogP contribution in [0.3, 0.4) is 0 Å². The highest BCUT2D eigenvalue weighted by molar-refractivity contribution is 6.01. The van der Waals surface area contributed by atoms with E-state index in [2.05, 4.69) is 15.6 Å². The number of ether oxygens (including phenoxy) is 3. The summed E-state index contributed by atoms with van der Waals surface area (Å²) < 4.78 is 29.7. The van der Waals surface area contributed by atoms with Gasteiger partial charge < -0.3 is 34.7 Å². The van der Waals surface area contributed by atoms with E-state index in [1.54, 1.807) is 40.0 Å². The first-order valence-electron chi connectivity index (χ1n) is 18.4. The lowest BCUT2D eigenvalue weighted by Crippen LogP contribution is -2.50. The summed E-state index contributed by atoms with van der Waals surface area (Å²) in [5.74, 6) is -0.517. The topological polar surface area (TPSA) is 139 Å². The number of alkyl halides is 1. The first kappa shape index (κ1) is 37.6. The van der Waals surface area contributed by atoms with E-state index in [9.17, 15) is 23.6 Å². The molecule has 2 aliphatic carbocycles. The fourth-order valence-electron chi connectivity index (χ4n) is 8.18. The van der Waals surface area contributed by atoms with E-state index in [1.807, 2.05) is 17.0 Å². The van der Waals surface area contributed by atoms with Crippen LogP contribution in [0.2, 0.25) is 0 Å². The standard InChI is InChI=1S/C38H55FN4O7/c1-38(2,3)50-37(47)42-32(23-39)25-11-13-26(14-12-25)35(45)43-18-17-29(24-9-6-5-7-10-24)33(43)34(44)40-28-15-16-30-27(21-28)22-31(41-30)36(46)49-20-8-19-48-4/h15-16,21-22,24-26,29,32-33,41H,5-14,17-20,23H2,1-4H3,(H,40,44)(H,42,47)/t25?,26?,29-,32+,33-/m0/s1. The number of carbonyl (C=O) groups is 4. The summed E-state index contributed by atoms with van der Waals surface area (Å²) >= 11 is 0. The summed E-state index contributed by atoms with van der Waals surface area (Å²) in [7, 11) is 1.60. The van der Waals surface area contributed by atoms with Crippen LogP contribution in [0.15, 0.2) is 24.3 Å². The number of rotatable bonds is 12. The zero-order valence-electron chi connectivity index (χ0n) is 30.1. The molecular weight excluding hydrogens is 643 g/mol. The zero-order valence-corrected chi connectivity index (χ0v) is 30.1. The number of aromatic nitrogens is 1. The van der Waals surface area contributed by atoms with E-state index in [0.717, 1.165) is 43.0 Å². The molecule has 11 nitrogen and oxygen atoms in total. The number of likely N-dealkylation sites (tertiary alicyclic amines) is 1. The van der Waals surface area contributed by atoms with Gasteiger partial charge in [-0.3, -0.25) is 9.59 Å². The van der Waals surface area contributed by atoms with Gasteiger partial charge in [-0.15, -0.1) is 0 Å². The molecule has 0 unspecified atom stereocenters. The number of fused-ring (bicyclic) bond motifs is 1. The van der Waals surface area contributed by atoms with Gasteiger partial charge in [-0.05, 0) is 94.9 Å². The van der Waals surface area contributed by atoms with Crippen molar-refractivity contribution in [3.05, 3.63) is 30.0 Å². The molecule has 0 bridgehead atoms. The van der Waals surface area contributed by atoms with Gasteiger partial charge in [0, 0.05) is 49.2 Å². The number of methoxy groups -OCH3 is 1. The molecule has 5 rings (SSSR count). The third-order valence-corrected chi connectivity index (χ3v) is 10.6. The Kier molecular flexibility index (Phi) is 12.8. The molecule has 1 saturated heterocycles. The number of nitrogens with one attached hydrogen (secondary N) is 3. The quantitative estimate of drug-likeness (QED) is 0.164. The van der Waals surface area contributed by atoms with E-state index < -0.39 is 36.4 Å². The second-order valence-electron chi connectivity index (χ2n) is 15.3. The van der Waals surface area contributed by atoms with Crippen LogP contribution in [-0.2, 0) is 23.8 Å². The lowest BCUT2D eigenvalue weighted by atomic mass is 9.76. The average Bonchev–Trinajstić information content (AvgIpc) is 3.73. The van der Waals surface area contributed by atoms with Crippen molar-refractivity contribution in [2.45, 2.75) is 109 Å². The molecule has 3 aliphatic rings. The highest BCUT2D eigenvalue weighted by Gasteiger charge is 2.47. The van der Waals surface area contributed by atoms with E-state index in [0.29, 0.717) is 62.6 Å². The number of H-pyrrole nitrogens is 1. The minimum atomic E-state index is -0.700. The average molecular weight is 699 g/mol. The molecule has 3 fully saturated rings. The number of amides is 3. The van der Waals surface area contributed by atoms with Gasteiger partial charge in [0.25, 0.3) is 0 Å². The molecule has 276 valence electrons. The Bertz CT molecular complexity index is 1480. The van der Waals surface area contributed by atoms with Crippen LogP contribution in [-0.4, -0.2) is 85.0 Å². The van der Waals surface area contributed by atoms with Crippen molar-refractivity contribution in [2.75, 3.05) is 38.9 Å². The highest BCUT2D eigenvalue weighted by Crippen LogP contribution is 2.41. The molecule has 1 aromatic carbocycles. The number of hydrogen-bond acceptors (Lipinski definition) is 7. The smallest absolute Gasteiger partial charge is 0.407 e. The van der Waals surface area contributed by atoms with Crippen LogP contribution in [0, 0.1) is 23.7 Å². The third-order valence-electron chi connectivity index (χ3n) is 10.6. The van der Waals surface area contributed by atoms with Gasteiger partial charge in [-0.25, -0.2) is 14.0 Å². The van der Waals surface area contributed by atoms with E-state index in [1.165, 1.54) is 6.42 Å². The number of aromatic amines is 1. The van der Waals surface area contributed by atoms with Gasteiger partial charge in [0.1, 0.15) is 24.0 Å². The first-order chi connectivity index (χ1) is 24.0. The normalized spacial score (nSPS) is 23.7. The van der Waals surface area contributed by atoms with Gasteiger partial charge in [-0.2, -0.15) is 0 Å². The summed E-state index contributed by atoms with van der Waals surface area (Å²) in [6.07, 6.45) is 8.76. The molecule has 3 atom stereocenters. The first-order valence-corrected chi connectivity index (χ1v) is 18.4. The monoisotopic (exact) mass is 698 g/mol. The van der Waals surface area contributed by atoms with Gasteiger partial charge in [0.05, 0.1) is 12.6 Å². The summed E-state index contributed by atoms with van der Waals surface area (Å²) in [6.45, 7) is 5.90. The van der Waals surface area contributed by atoms with Crippen molar-refractivity contribution in [1.29, 1.82) is 0 Å². The maximum absolute atomic E-state index is 14.2. The fraction of sp³-hybridized carbons (Fsp3) is 0.684. The molecule has 0 spiro atoms. The Labute approximate surface area is 294 Å². The Morgan fingerprint density at radius 1 is 0.980 bits per heavy atom. The maximum Gasteiger partial charge on any atom is 0.407 e. The summed E-state index contributed by atoms with van der Waals surface area (Å²) in [5, 5.41) is 6.57. The minimum Gasteiger partial charge on any atom is -0.461 e. The lowest BCUT2D eigenvalue weighted by molar-refractivity contribution is -0.142. The number of anilines is 1. The summed E-state index contributed by atoms with van der Waals surface area (Å²) in [4.78, 5) is 58.1. The molecule has 1 aromatic heterocycles. The molecule has 2 saturated carbocycles. The SMILES string of the molecule is COCCCOC(=O)c1cc2cc(NC(=O)[C@@H]3[C@H](C4CCCCC4)CCN3C(=O)C3CCC([C@@H](CF)NC(=O)OC(C)(C)C)CC3)ccc2[nH]1. The number of carbonyl (C=O) groups excluding carboxylic acids is 4. The Morgan fingerprint density at radius 3 is 2.40 bits per heavy atom. The van der Waals surface area contributed by atoms with Crippen molar-refractivity contribution in [3.8, 4) is 0 Å². The number of nitrogens with zero attached hydrogens (tertiary/aromatic N) is 1. The molecule has 12 heteroatoms. The Morgan fingerprint density at radius 2 is 1.72 bits per heavy atom. The zero-order chi connectivity index (χ0) is 35.8. The van der Waals surface area contributed by atoms with Crippen molar-refractivity contribution in [2.24, 2.45) is 23.7 Å². The molecule has 1 aliphatic heterocycles.